The van der Waals surface area contributed by atoms with Crippen LogP contribution in [0, 0.1) is 11.8 Å². The van der Waals surface area contributed by atoms with E-state index in [2.05, 4.69) is 35.6 Å². The minimum Gasteiger partial charge on any atom is -0.384 e. The monoisotopic (exact) mass is 262 g/mol. The van der Waals surface area contributed by atoms with Crippen molar-refractivity contribution in [3.05, 3.63) is 11.9 Å². The van der Waals surface area contributed by atoms with Gasteiger partial charge < -0.3 is 10.6 Å². The Balaban J connectivity index is 2.06. The van der Waals surface area contributed by atoms with Crippen LogP contribution in [0.3, 0.4) is 0 Å². The number of hydrogen-bond donors (Lipinski definition) is 1. The summed E-state index contributed by atoms with van der Waals surface area (Å²) in [6, 6.07) is 1.91. The Bertz CT molecular complexity index is 409. The summed E-state index contributed by atoms with van der Waals surface area (Å²) < 4.78 is 0. The van der Waals surface area contributed by atoms with Gasteiger partial charge in [-0.05, 0) is 31.1 Å². The molecule has 2 rings (SSSR count). The maximum absolute atomic E-state index is 5.89. The summed E-state index contributed by atoms with van der Waals surface area (Å²) in [6.45, 7) is 8.96. The molecule has 0 atom stereocenters. The van der Waals surface area contributed by atoms with Gasteiger partial charge in [-0.3, -0.25) is 0 Å². The lowest BCUT2D eigenvalue weighted by Crippen LogP contribution is -2.36. The number of nitrogens with two attached hydrogens (primary N) is 1. The summed E-state index contributed by atoms with van der Waals surface area (Å²) in [5, 5.41) is 0. The molecule has 2 heterocycles. The molecular formula is C15H26N4. The highest BCUT2D eigenvalue weighted by atomic mass is 15.2. The Morgan fingerprint density at radius 3 is 2.58 bits per heavy atom. The lowest BCUT2D eigenvalue weighted by Gasteiger charge is -2.34. The molecule has 1 aromatic rings. The number of hydrogen-bond acceptors (Lipinski definition) is 4. The third-order valence-corrected chi connectivity index (χ3v) is 4.06. The fourth-order valence-electron chi connectivity index (χ4n) is 2.80. The Hall–Kier alpha value is -1.32. The highest BCUT2D eigenvalue weighted by Crippen LogP contribution is 2.27. The van der Waals surface area contributed by atoms with Gasteiger partial charge in [-0.25, -0.2) is 9.97 Å². The number of piperidine rings is 1. The molecule has 0 saturated carbocycles. The Morgan fingerprint density at radius 1 is 1.32 bits per heavy atom. The van der Waals surface area contributed by atoms with Crippen molar-refractivity contribution in [1.29, 1.82) is 0 Å². The fraction of sp³-hybridized carbons (Fsp3) is 0.733. The smallest absolute Gasteiger partial charge is 0.134 e. The van der Waals surface area contributed by atoms with Crippen molar-refractivity contribution in [2.24, 2.45) is 11.8 Å². The Morgan fingerprint density at radius 2 is 2.00 bits per heavy atom. The number of anilines is 2. The van der Waals surface area contributed by atoms with Gasteiger partial charge in [0.2, 0.25) is 0 Å². The van der Waals surface area contributed by atoms with Gasteiger partial charge >= 0.3 is 0 Å². The van der Waals surface area contributed by atoms with E-state index in [-0.39, 0.29) is 0 Å². The number of aromatic nitrogens is 2. The van der Waals surface area contributed by atoms with Gasteiger partial charge in [0.15, 0.2) is 0 Å². The van der Waals surface area contributed by atoms with Crippen LogP contribution >= 0.6 is 0 Å². The molecule has 0 aliphatic carbocycles. The summed E-state index contributed by atoms with van der Waals surface area (Å²) in [4.78, 5) is 11.3. The predicted molar refractivity (Wildman–Crippen MR) is 80.2 cm³/mol. The van der Waals surface area contributed by atoms with Crippen molar-refractivity contribution < 1.29 is 0 Å². The molecule has 106 valence electrons. The van der Waals surface area contributed by atoms with E-state index in [9.17, 15) is 0 Å². The molecule has 0 amide bonds. The minimum absolute atomic E-state index is 0.597. The lowest BCUT2D eigenvalue weighted by atomic mass is 9.87. The molecule has 1 aliphatic rings. The highest BCUT2D eigenvalue weighted by molar-refractivity contribution is 5.47. The van der Waals surface area contributed by atoms with Crippen molar-refractivity contribution in [3.63, 3.8) is 0 Å². The molecule has 0 aromatic carbocycles. The normalized spacial score (nSPS) is 17.2. The molecule has 1 fully saturated rings. The topological polar surface area (TPSA) is 55.0 Å². The van der Waals surface area contributed by atoms with Gasteiger partial charge in [0, 0.05) is 25.6 Å². The van der Waals surface area contributed by atoms with E-state index in [0.717, 1.165) is 49.4 Å². The van der Waals surface area contributed by atoms with E-state index in [1.165, 1.54) is 12.8 Å². The first-order valence-corrected chi connectivity index (χ1v) is 7.48. The van der Waals surface area contributed by atoms with Gasteiger partial charge in [0.05, 0.1) is 0 Å². The van der Waals surface area contributed by atoms with Gasteiger partial charge in [0.25, 0.3) is 0 Å². The molecule has 0 bridgehead atoms. The van der Waals surface area contributed by atoms with E-state index >= 15 is 0 Å². The fourth-order valence-corrected chi connectivity index (χ4v) is 2.80. The molecule has 4 heteroatoms. The zero-order chi connectivity index (χ0) is 13.8. The van der Waals surface area contributed by atoms with Crippen LogP contribution in [0.15, 0.2) is 6.07 Å². The SMILES string of the molecule is CCCc1nc(N)cc(N2CCC(C(C)C)CC2)n1. The summed E-state index contributed by atoms with van der Waals surface area (Å²) in [7, 11) is 0. The molecule has 4 nitrogen and oxygen atoms in total. The number of nitrogen functional groups attached to an aromatic ring is 1. The Labute approximate surface area is 116 Å². The van der Waals surface area contributed by atoms with Gasteiger partial charge in [-0.15, -0.1) is 0 Å². The maximum atomic E-state index is 5.89. The van der Waals surface area contributed by atoms with Gasteiger partial charge in [-0.2, -0.15) is 0 Å². The summed E-state index contributed by atoms with van der Waals surface area (Å²) in [5.74, 6) is 4.12. The minimum atomic E-state index is 0.597. The van der Waals surface area contributed by atoms with Crippen LogP contribution < -0.4 is 10.6 Å². The third kappa shape index (κ3) is 3.58. The average molecular weight is 262 g/mol. The van der Waals surface area contributed by atoms with E-state index in [0.29, 0.717) is 5.82 Å². The largest absolute Gasteiger partial charge is 0.384 e. The van der Waals surface area contributed by atoms with Crippen LogP contribution in [0.4, 0.5) is 11.6 Å². The van der Waals surface area contributed by atoms with Crippen molar-refractivity contribution in [2.45, 2.75) is 46.5 Å². The van der Waals surface area contributed by atoms with Crippen LogP contribution in [0.5, 0.6) is 0 Å². The molecule has 1 aromatic heterocycles. The lowest BCUT2D eigenvalue weighted by molar-refractivity contribution is 0.310. The zero-order valence-electron chi connectivity index (χ0n) is 12.4. The van der Waals surface area contributed by atoms with E-state index < -0.39 is 0 Å². The van der Waals surface area contributed by atoms with Crippen molar-refractivity contribution in [1.82, 2.24) is 9.97 Å². The molecule has 0 radical (unpaired) electrons. The highest BCUT2D eigenvalue weighted by Gasteiger charge is 2.22. The standard InChI is InChI=1S/C15H26N4/c1-4-5-14-17-13(16)10-15(18-14)19-8-6-12(7-9-19)11(2)3/h10-12H,4-9H2,1-3H3,(H2,16,17,18). The van der Waals surface area contributed by atoms with Crippen LogP contribution in [0.25, 0.3) is 0 Å². The van der Waals surface area contributed by atoms with E-state index in [1.807, 2.05) is 6.07 Å². The van der Waals surface area contributed by atoms with Crippen molar-refractivity contribution >= 4 is 11.6 Å². The number of nitrogens with zero attached hydrogens (tertiary/aromatic N) is 3. The summed E-state index contributed by atoms with van der Waals surface area (Å²) in [5.41, 5.74) is 5.89. The molecule has 0 spiro atoms. The first kappa shape index (κ1) is 14.1. The molecule has 1 saturated heterocycles. The predicted octanol–water partition coefficient (Wildman–Crippen LogP) is 2.88. The van der Waals surface area contributed by atoms with Crippen LogP contribution in [0.2, 0.25) is 0 Å². The molecular weight excluding hydrogens is 236 g/mol. The van der Waals surface area contributed by atoms with Crippen LogP contribution in [0.1, 0.15) is 45.9 Å². The summed E-state index contributed by atoms with van der Waals surface area (Å²) in [6.07, 6.45) is 4.47. The van der Waals surface area contributed by atoms with E-state index in [1.54, 1.807) is 0 Å². The average Bonchev–Trinajstić information content (AvgIpc) is 2.38. The van der Waals surface area contributed by atoms with Gasteiger partial charge in [0.1, 0.15) is 17.5 Å². The second kappa shape index (κ2) is 6.22. The summed E-state index contributed by atoms with van der Waals surface area (Å²) >= 11 is 0. The van der Waals surface area contributed by atoms with Crippen molar-refractivity contribution in [3.8, 4) is 0 Å². The number of rotatable bonds is 4. The van der Waals surface area contributed by atoms with E-state index in [4.69, 9.17) is 5.73 Å². The molecule has 1 aliphatic heterocycles. The van der Waals surface area contributed by atoms with Gasteiger partial charge in [-0.1, -0.05) is 20.8 Å². The quantitative estimate of drug-likeness (QED) is 0.906. The Kier molecular flexibility index (Phi) is 4.61. The molecule has 0 unspecified atom stereocenters. The molecule has 2 N–H and O–H groups in total. The maximum Gasteiger partial charge on any atom is 0.134 e. The third-order valence-electron chi connectivity index (χ3n) is 4.06. The molecule has 19 heavy (non-hydrogen) atoms. The first-order valence-electron chi connectivity index (χ1n) is 7.48. The second-order valence-electron chi connectivity index (χ2n) is 5.89. The number of aryl methyl sites for hydroxylation is 1. The first-order chi connectivity index (χ1) is 9.10. The zero-order valence-corrected chi connectivity index (χ0v) is 12.4. The second-order valence-corrected chi connectivity index (χ2v) is 5.89. The van der Waals surface area contributed by atoms with Crippen molar-refractivity contribution in [2.75, 3.05) is 23.7 Å². The van der Waals surface area contributed by atoms with Crippen LogP contribution in [-0.2, 0) is 6.42 Å². The van der Waals surface area contributed by atoms with Crippen LogP contribution in [-0.4, -0.2) is 23.1 Å².